The van der Waals surface area contributed by atoms with Crippen LogP contribution in [0.3, 0.4) is 0 Å². The molecular formula is C24H24. The van der Waals surface area contributed by atoms with E-state index in [1.807, 2.05) is 18.2 Å². The molecule has 0 amide bonds. The summed E-state index contributed by atoms with van der Waals surface area (Å²) in [6.45, 7) is 11.8. The third kappa shape index (κ3) is 2.92. The molecule has 0 heterocycles. The Bertz CT molecular complexity index is 805. The molecule has 2 aromatic carbocycles. The van der Waals surface area contributed by atoms with Crippen LogP contribution < -0.4 is 0 Å². The van der Waals surface area contributed by atoms with Gasteiger partial charge in [0.25, 0.3) is 0 Å². The Morgan fingerprint density at radius 1 is 0.750 bits per heavy atom. The molecule has 24 heavy (non-hydrogen) atoms. The molecule has 2 aromatic rings. The van der Waals surface area contributed by atoms with Crippen molar-refractivity contribution in [2.24, 2.45) is 0 Å². The number of benzene rings is 2. The van der Waals surface area contributed by atoms with Gasteiger partial charge in [0.1, 0.15) is 0 Å². The Hall–Kier alpha value is -2.60. The lowest BCUT2D eigenvalue weighted by Crippen LogP contribution is -2.07. The Morgan fingerprint density at radius 2 is 1.46 bits per heavy atom. The van der Waals surface area contributed by atoms with Crippen LogP contribution in [0.2, 0.25) is 0 Å². The van der Waals surface area contributed by atoms with Gasteiger partial charge in [-0.3, -0.25) is 0 Å². The standard InChI is InChI=1S/C24H24/c1-4-10-18-14-9-16-23(21(18)12-6-3)24-20(11-5-2)17-19-13-7-8-15-22(19)24/h4-9,13-17,24H,1-3,10-12H2. The highest BCUT2D eigenvalue weighted by molar-refractivity contribution is 5.70. The third-order valence-electron chi connectivity index (χ3n) is 4.73. The molecule has 0 bridgehead atoms. The maximum atomic E-state index is 3.97. The van der Waals surface area contributed by atoms with Crippen LogP contribution in [0.5, 0.6) is 0 Å². The lowest BCUT2D eigenvalue weighted by molar-refractivity contribution is 0.912. The fraction of sp³-hybridized carbons (Fsp3) is 0.167. The van der Waals surface area contributed by atoms with E-state index in [4.69, 9.17) is 0 Å². The predicted molar refractivity (Wildman–Crippen MR) is 105 cm³/mol. The molecule has 1 aliphatic rings. The van der Waals surface area contributed by atoms with E-state index in [0.29, 0.717) is 5.92 Å². The van der Waals surface area contributed by atoms with Crippen molar-refractivity contribution in [3.8, 4) is 0 Å². The smallest absolute Gasteiger partial charge is 0.0314 e. The highest BCUT2D eigenvalue weighted by Crippen LogP contribution is 2.44. The van der Waals surface area contributed by atoms with Gasteiger partial charge < -0.3 is 0 Å². The number of hydrogen-bond acceptors (Lipinski definition) is 0. The maximum absolute atomic E-state index is 3.97. The number of allylic oxidation sites excluding steroid dienone is 4. The van der Waals surface area contributed by atoms with Crippen LogP contribution in [0.25, 0.3) is 6.08 Å². The molecule has 0 N–H and O–H groups in total. The van der Waals surface area contributed by atoms with E-state index in [2.05, 4.69) is 68.3 Å². The van der Waals surface area contributed by atoms with Crippen molar-refractivity contribution >= 4 is 6.08 Å². The SMILES string of the molecule is C=CCC1=Cc2ccccc2C1c1cccc(CC=C)c1CC=C. The van der Waals surface area contributed by atoms with Gasteiger partial charge in [-0.25, -0.2) is 0 Å². The molecule has 1 unspecified atom stereocenters. The molecule has 0 fully saturated rings. The van der Waals surface area contributed by atoms with Gasteiger partial charge in [0.2, 0.25) is 0 Å². The molecular weight excluding hydrogens is 288 g/mol. The maximum Gasteiger partial charge on any atom is 0.0314 e. The fourth-order valence-electron chi connectivity index (χ4n) is 3.76. The summed E-state index contributed by atoms with van der Waals surface area (Å²) in [6, 6.07) is 15.4. The van der Waals surface area contributed by atoms with Crippen LogP contribution in [0.1, 0.15) is 40.2 Å². The van der Waals surface area contributed by atoms with Gasteiger partial charge in [-0.1, -0.05) is 72.3 Å². The largest absolute Gasteiger partial charge is 0.103 e. The van der Waals surface area contributed by atoms with Gasteiger partial charge in [-0.2, -0.15) is 0 Å². The minimum atomic E-state index is 0.318. The minimum Gasteiger partial charge on any atom is -0.103 e. The van der Waals surface area contributed by atoms with E-state index in [9.17, 15) is 0 Å². The molecule has 0 heteroatoms. The summed E-state index contributed by atoms with van der Waals surface area (Å²) in [4.78, 5) is 0. The highest BCUT2D eigenvalue weighted by Gasteiger charge is 2.27. The molecule has 0 saturated carbocycles. The minimum absolute atomic E-state index is 0.318. The molecule has 3 rings (SSSR count). The van der Waals surface area contributed by atoms with Crippen molar-refractivity contribution in [3.63, 3.8) is 0 Å². The van der Waals surface area contributed by atoms with E-state index in [0.717, 1.165) is 19.3 Å². The van der Waals surface area contributed by atoms with E-state index >= 15 is 0 Å². The van der Waals surface area contributed by atoms with E-state index < -0.39 is 0 Å². The summed E-state index contributed by atoms with van der Waals surface area (Å²) < 4.78 is 0. The predicted octanol–water partition coefficient (Wildman–Crippen LogP) is 6.25. The zero-order valence-corrected chi connectivity index (χ0v) is 14.2. The Kier molecular flexibility index (Phi) is 4.96. The van der Waals surface area contributed by atoms with Crippen molar-refractivity contribution in [2.75, 3.05) is 0 Å². The van der Waals surface area contributed by atoms with Crippen molar-refractivity contribution in [1.29, 1.82) is 0 Å². The second kappa shape index (κ2) is 7.31. The highest BCUT2D eigenvalue weighted by atomic mass is 14.3. The quantitative estimate of drug-likeness (QED) is 0.530. The van der Waals surface area contributed by atoms with Gasteiger partial charge in [0, 0.05) is 5.92 Å². The number of hydrogen-bond donors (Lipinski definition) is 0. The Morgan fingerprint density at radius 3 is 2.21 bits per heavy atom. The van der Waals surface area contributed by atoms with Gasteiger partial charge in [0.15, 0.2) is 0 Å². The first-order valence-electron chi connectivity index (χ1n) is 8.52. The van der Waals surface area contributed by atoms with Gasteiger partial charge in [-0.05, 0) is 47.1 Å². The molecule has 1 aliphatic carbocycles. The van der Waals surface area contributed by atoms with E-state index in [1.165, 1.54) is 33.4 Å². The summed E-state index contributed by atoms with van der Waals surface area (Å²) in [5.74, 6) is 0.318. The summed E-state index contributed by atoms with van der Waals surface area (Å²) in [6.07, 6.45) is 11.0. The van der Waals surface area contributed by atoms with Gasteiger partial charge >= 0.3 is 0 Å². The normalized spacial score (nSPS) is 15.5. The van der Waals surface area contributed by atoms with Crippen LogP contribution in [0, 0.1) is 0 Å². The van der Waals surface area contributed by atoms with E-state index in [-0.39, 0.29) is 0 Å². The first-order chi connectivity index (χ1) is 11.8. The average Bonchev–Trinajstić information content (AvgIpc) is 2.95. The zero-order valence-electron chi connectivity index (χ0n) is 14.2. The zero-order chi connectivity index (χ0) is 16.9. The van der Waals surface area contributed by atoms with Crippen molar-refractivity contribution in [1.82, 2.24) is 0 Å². The Balaban J connectivity index is 2.17. The third-order valence-corrected chi connectivity index (χ3v) is 4.73. The van der Waals surface area contributed by atoms with Crippen LogP contribution in [-0.4, -0.2) is 0 Å². The molecule has 0 spiro atoms. The average molecular weight is 312 g/mol. The summed E-state index contributed by atoms with van der Waals surface area (Å²) in [5, 5.41) is 0. The first kappa shape index (κ1) is 16.3. The lowest BCUT2D eigenvalue weighted by atomic mass is 9.82. The molecule has 0 saturated heterocycles. The summed E-state index contributed by atoms with van der Waals surface area (Å²) in [7, 11) is 0. The number of rotatable bonds is 7. The molecule has 0 aromatic heterocycles. The van der Waals surface area contributed by atoms with Crippen molar-refractivity contribution in [3.05, 3.63) is 114 Å². The second-order valence-electron chi connectivity index (χ2n) is 6.24. The van der Waals surface area contributed by atoms with Crippen LogP contribution in [-0.2, 0) is 12.8 Å². The van der Waals surface area contributed by atoms with Gasteiger partial charge in [-0.15, -0.1) is 19.7 Å². The molecule has 0 aliphatic heterocycles. The van der Waals surface area contributed by atoms with Crippen LogP contribution in [0.15, 0.2) is 86.0 Å². The van der Waals surface area contributed by atoms with Crippen LogP contribution in [0.4, 0.5) is 0 Å². The topological polar surface area (TPSA) is 0 Å². The van der Waals surface area contributed by atoms with E-state index in [1.54, 1.807) is 0 Å². The fourth-order valence-corrected chi connectivity index (χ4v) is 3.76. The monoisotopic (exact) mass is 312 g/mol. The first-order valence-corrected chi connectivity index (χ1v) is 8.52. The summed E-state index contributed by atoms with van der Waals surface area (Å²) in [5.41, 5.74) is 8.29. The molecule has 120 valence electrons. The molecule has 0 nitrogen and oxygen atoms in total. The molecule has 1 atom stereocenters. The lowest BCUT2D eigenvalue weighted by Gasteiger charge is -2.22. The Labute approximate surface area is 145 Å². The molecule has 0 radical (unpaired) electrons. The van der Waals surface area contributed by atoms with Crippen LogP contribution >= 0.6 is 0 Å². The second-order valence-corrected chi connectivity index (χ2v) is 6.24. The van der Waals surface area contributed by atoms with Gasteiger partial charge in [0.05, 0.1) is 0 Å². The van der Waals surface area contributed by atoms with Crippen molar-refractivity contribution in [2.45, 2.75) is 25.2 Å². The van der Waals surface area contributed by atoms with Crippen molar-refractivity contribution < 1.29 is 0 Å². The summed E-state index contributed by atoms with van der Waals surface area (Å²) >= 11 is 0. The number of fused-ring (bicyclic) bond motifs is 1.